The molecule has 0 bridgehead atoms. The summed E-state index contributed by atoms with van der Waals surface area (Å²) in [5, 5.41) is 5.66. The highest BCUT2D eigenvalue weighted by molar-refractivity contribution is 7.89. The van der Waals surface area contributed by atoms with E-state index in [4.69, 9.17) is 0 Å². The molecule has 162 valence electrons. The smallest absolute Gasteiger partial charge is 0.251 e. The second kappa shape index (κ2) is 10.7. The number of sulfonamides is 1. The minimum absolute atomic E-state index is 0.0578. The van der Waals surface area contributed by atoms with E-state index in [0.717, 1.165) is 25.7 Å². The maximum absolute atomic E-state index is 12.7. The van der Waals surface area contributed by atoms with Gasteiger partial charge in [0.05, 0.1) is 4.90 Å². The standard InChI is InChI=1S/C21H33N3O4S/c1-4-24(5-2)29(27,28)18-12-11-16(3)19(15-18)21(26)23-14-13-22-20(25)17-9-7-6-8-10-17/h11-12,15,17H,4-10,13-14H2,1-3H3,(H,22,25)(H,23,26). The van der Waals surface area contributed by atoms with Gasteiger partial charge in [-0.25, -0.2) is 8.42 Å². The van der Waals surface area contributed by atoms with Gasteiger partial charge >= 0.3 is 0 Å². The fourth-order valence-corrected chi connectivity index (χ4v) is 5.17. The molecule has 1 aliphatic rings. The molecule has 2 rings (SSSR count). The van der Waals surface area contributed by atoms with Crippen LogP contribution in [0, 0.1) is 12.8 Å². The highest BCUT2D eigenvalue weighted by Gasteiger charge is 2.24. The van der Waals surface area contributed by atoms with Crippen molar-refractivity contribution in [1.29, 1.82) is 0 Å². The van der Waals surface area contributed by atoms with E-state index in [9.17, 15) is 18.0 Å². The Morgan fingerprint density at radius 3 is 2.28 bits per heavy atom. The normalized spacial score (nSPS) is 15.3. The van der Waals surface area contributed by atoms with Crippen molar-refractivity contribution in [2.24, 2.45) is 5.92 Å². The molecular weight excluding hydrogens is 390 g/mol. The Bertz CT molecular complexity index is 813. The molecule has 0 unspecified atom stereocenters. The summed E-state index contributed by atoms with van der Waals surface area (Å²) in [6.07, 6.45) is 5.26. The van der Waals surface area contributed by atoms with Crippen molar-refractivity contribution in [1.82, 2.24) is 14.9 Å². The van der Waals surface area contributed by atoms with E-state index in [2.05, 4.69) is 10.6 Å². The average Bonchev–Trinajstić information content (AvgIpc) is 2.72. The molecule has 8 heteroatoms. The summed E-state index contributed by atoms with van der Waals surface area (Å²) in [6.45, 7) is 6.73. The molecule has 1 fully saturated rings. The summed E-state index contributed by atoms with van der Waals surface area (Å²) in [5.41, 5.74) is 1.03. The Kier molecular flexibility index (Phi) is 8.64. The molecule has 29 heavy (non-hydrogen) atoms. The number of nitrogens with zero attached hydrogens (tertiary/aromatic N) is 1. The zero-order valence-corrected chi connectivity index (χ0v) is 18.5. The van der Waals surface area contributed by atoms with Crippen molar-refractivity contribution >= 4 is 21.8 Å². The molecular formula is C21H33N3O4S. The molecule has 1 aromatic rings. The van der Waals surface area contributed by atoms with Crippen LogP contribution in [-0.2, 0) is 14.8 Å². The fraction of sp³-hybridized carbons (Fsp3) is 0.619. The van der Waals surface area contributed by atoms with E-state index >= 15 is 0 Å². The quantitative estimate of drug-likeness (QED) is 0.597. The van der Waals surface area contributed by atoms with Crippen LogP contribution >= 0.6 is 0 Å². The Labute approximate surface area is 174 Å². The lowest BCUT2D eigenvalue weighted by atomic mass is 9.89. The zero-order valence-electron chi connectivity index (χ0n) is 17.7. The molecule has 7 nitrogen and oxygen atoms in total. The van der Waals surface area contributed by atoms with Crippen LogP contribution in [0.1, 0.15) is 61.9 Å². The third-order valence-electron chi connectivity index (χ3n) is 5.48. The second-order valence-corrected chi connectivity index (χ2v) is 9.39. The predicted octanol–water partition coefficient (Wildman–Crippen LogP) is 2.45. The van der Waals surface area contributed by atoms with Gasteiger partial charge in [0.25, 0.3) is 5.91 Å². The van der Waals surface area contributed by atoms with Gasteiger partial charge in [-0.1, -0.05) is 39.2 Å². The molecule has 1 saturated carbocycles. The van der Waals surface area contributed by atoms with Crippen LogP contribution in [0.2, 0.25) is 0 Å². The molecule has 2 amide bonds. The molecule has 0 aliphatic heterocycles. The first-order valence-electron chi connectivity index (χ1n) is 10.5. The summed E-state index contributed by atoms with van der Waals surface area (Å²) < 4.78 is 26.8. The minimum Gasteiger partial charge on any atom is -0.354 e. The van der Waals surface area contributed by atoms with Crippen LogP contribution in [0.25, 0.3) is 0 Å². The zero-order chi connectivity index (χ0) is 21.4. The van der Waals surface area contributed by atoms with Crippen molar-refractivity contribution in [2.75, 3.05) is 26.2 Å². The van der Waals surface area contributed by atoms with Crippen LogP contribution in [0.15, 0.2) is 23.1 Å². The van der Waals surface area contributed by atoms with E-state index in [1.165, 1.54) is 22.9 Å². The Morgan fingerprint density at radius 1 is 1.03 bits per heavy atom. The monoisotopic (exact) mass is 423 g/mol. The van der Waals surface area contributed by atoms with Crippen LogP contribution < -0.4 is 10.6 Å². The Morgan fingerprint density at radius 2 is 1.66 bits per heavy atom. The topological polar surface area (TPSA) is 95.6 Å². The molecule has 0 saturated heterocycles. The number of aryl methyl sites for hydroxylation is 1. The van der Waals surface area contributed by atoms with Gasteiger partial charge in [-0.05, 0) is 37.5 Å². The fourth-order valence-electron chi connectivity index (χ4n) is 3.68. The SMILES string of the molecule is CCN(CC)S(=O)(=O)c1ccc(C)c(C(=O)NCCNC(=O)C2CCCCC2)c1. The van der Waals surface area contributed by atoms with Crippen molar-refractivity contribution in [3.8, 4) is 0 Å². The van der Waals surface area contributed by atoms with Gasteiger partial charge in [0.2, 0.25) is 15.9 Å². The molecule has 1 aliphatic carbocycles. The number of hydrogen-bond donors (Lipinski definition) is 2. The maximum atomic E-state index is 12.7. The van der Waals surface area contributed by atoms with E-state index < -0.39 is 10.0 Å². The Balaban J connectivity index is 1.95. The molecule has 0 spiro atoms. The molecule has 0 atom stereocenters. The first kappa shape index (κ1) is 23.3. The van der Waals surface area contributed by atoms with Crippen LogP contribution in [0.3, 0.4) is 0 Å². The lowest BCUT2D eigenvalue weighted by Crippen LogP contribution is -2.38. The van der Waals surface area contributed by atoms with Gasteiger partial charge < -0.3 is 10.6 Å². The Hall–Kier alpha value is -1.93. The summed E-state index contributed by atoms with van der Waals surface area (Å²) in [7, 11) is -3.63. The number of nitrogens with one attached hydrogen (secondary N) is 2. The number of benzene rings is 1. The lowest BCUT2D eigenvalue weighted by Gasteiger charge is -2.21. The summed E-state index contributed by atoms with van der Waals surface area (Å²) in [6, 6.07) is 4.61. The van der Waals surface area contributed by atoms with Crippen LogP contribution in [0.4, 0.5) is 0 Å². The summed E-state index contributed by atoms with van der Waals surface area (Å²) >= 11 is 0. The van der Waals surface area contributed by atoms with Gasteiger partial charge in [-0.3, -0.25) is 9.59 Å². The largest absolute Gasteiger partial charge is 0.354 e. The predicted molar refractivity (Wildman–Crippen MR) is 113 cm³/mol. The van der Waals surface area contributed by atoms with Gasteiger partial charge in [0, 0.05) is 37.7 Å². The van der Waals surface area contributed by atoms with Crippen molar-refractivity contribution in [2.45, 2.75) is 57.8 Å². The third kappa shape index (κ3) is 6.02. The van der Waals surface area contributed by atoms with Crippen LogP contribution in [-0.4, -0.2) is 50.7 Å². The first-order chi connectivity index (χ1) is 13.8. The number of carbonyl (C=O) groups is 2. The molecule has 0 heterocycles. The maximum Gasteiger partial charge on any atom is 0.251 e. The summed E-state index contributed by atoms with van der Waals surface area (Å²) in [4.78, 5) is 24.8. The number of carbonyl (C=O) groups excluding carboxylic acids is 2. The van der Waals surface area contributed by atoms with Crippen molar-refractivity contribution in [3.05, 3.63) is 29.3 Å². The first-order valence-corrected chi connectivity index (χ1v) is 11.9. The van der Waals surface area contributed by atoms with E-state index in [-0.39, 0.29) is 22.6 Å². The number of rotatable bonds is 9. The van der Waals surface area contributed by atoms with E-state index in [1.807, 2.05) is 0 Å². The van der Waals surface area contributed by atoms with Gasteiger partial charge in [-0.15, -0.1) is 0 Å². The summed E-state index contributed by atoms with van der Waals surface area (Å²) in [5.74, 6) is -0.197. The average molecular weight is 424 g/mol. The van der Waals surface area contributed by atoms with Crippen LogP contribution in [0.5, 0.6) is 0 Å². The number of hydrogen-bond acceptors (Lipinski definition) is 4. The van der Waals surface area contributed by atoms with Gasteiger partial charge in [0.1, 0.15) is 0 Å². The minimum atomic E-state index is -3.63. The van der Waals surface area contributed by atoms with E-state index in [1.54, 1.807) is 26.8 Å². The highest BCUT2D eigenvalue weighted by atomic mass is 32.2. The third-order valence-corrected chi connectivity index (χ3v) is 7.53. The van der Waals surface area contributed by atoms with Gasteiger partial charge in [-0.2, -0.15) is 4.31 Å². The van der Waals surface area contributed by atoms with E-state index in [0.29, 0.717) is 37.3 Å². The second-order valence-electron chi connectivity index (χ2n) is 7.45. The van der Waals surface area contributed by atoms with Crippen molar-refractivity contribution in [3.63, 3.8) is 0 Å². The molecule has 2 N–H and O–H groups in total. The lowest BCUT2D eigenvalue weighted by molar-refractivity contribution is -0.125. The van der Waals surface area contributed by atoms with Crippen molar-refractivity contribution < 1.29 is 18.0 Å². The van der Waals surface area contributed by atoms with Gasteiger partial charge in [0.15, 0.2) is 0 Å². The highest BCUT2D eigenvalue weighted by Crippen LogP contribution is 2.23. The molecule has 0 radical (unpaired) electrons. The molecule has 1 aromatic carbocycles. The molecule has 0 aromatic heterocycles. The number of amides is 2.